The van der Waals surface area contributed by atoms with E-state index in [1.165, 1.54) is 11.8 Å². The van der Waals surface area contributed by atoms with Crippen LogP contribution < -0.4 is 0 Å². The van der Waals surface area contributed by atoms with E-state index in [9.17, 15) is 5.11 Å². The van der Waals surface area contributed by atoms with Crippen molar-refractivity contribution < 1.29 is 9.84 Å². The Balaban J connectivity index is 3.76. The van der Waals surface area contributed by atoms with E-state index in [4.69, 9.17) is 10.1 Å². The quantitative estimate of drug-likeness (QED) is 0.411. The highest BCUT2D eigenvalue weighted by molar-refractivity contribution is 8.14. The molecular formula is C9H19NO2S. The van der Waals surface area contributed by atoms with Gasteiger partial charge in [0.05, 0.1) is 17.3 Å². The zero-order chi connectivity index (χ0) is 10.4. The van der Waals surface area contributed by atoms with E-state index >= 15 is 0 Å². The lowest BCUT2D eigenvalue weighted by molar-refractivity contribution is -0.0333. The van der Waals surface area contributed by atoms with Crippen molar-refractivity contribution in [3.05, 3.63) is 0 Å². The van der Waals surface area contributed by atoms with Crippen LogP contribution in [0, 0.1) is 5.41 Å². The Morgan fingerprint density at radius 2 is 2.08 bits per heavy atom. The van der Waals surface area contributed by atoms with Gasteiger partial charge in [0.2, 0.25) is 0 Å². The summed E-state index contributed by atoms with van der Waals surface area (Å²) in [6, 6.07) is 0. The first-order valence-electron chi connectivity index (χ1n) is 4.52. The molecule has 3 unspecified atom stereocenters. The number of thioether (sulfide) groups is 1. The number of nitrogens with one attached hydrogen (secondary N) is 1. The van der Waals surface area contributed by atoms with Gasteiger partial charge in [0.25, 0.3) is 0 Å². The van der Waals surface area contributed by atoms with Crippen molar-refractivity contribution >= 4 is 16.8 Å². The fourth-order valence-corrected chi connectivity index (χ4v) is 1.73. The third-order valence-corrected chi connectivity index (χ3v) is 2.51. The van der Waals surface area contributed by atoms with Crippen LogP contribution in [0.25, 0.3) is 0 Å². The first-order chi connectivity index (χ1) is 5.97. The summed E-state index contributed by atoms with van der Waals surface area (Å²) >= 11 is 1.36. The summed E-state index contributed by atoms with van der Waals surface area (Å²) in [6.07, 6.45) is 0.128. The maximum absolute atomic E-state index is 9.42. The molecule has 0 aromatic heterocycles. The van der Waals surface area contributed by atoms with Gasteiger partial charge in [-0.1, -0.05) is 18.7 Å². The van der Waals surface area contributed by atoms with Crippen molar-refractivity contribution in [1.82, 2.24) is 0 Å². The topological polar surface area (TPSA) is 53.3 Å². The predicted octanol–water partition coefficient (Wildman–Crippen LogP) is 2.24. The van der Waals surface area contributed by atoms with Gasteiger partial charge in [0, 0.05) is 0 Å². The van der Waals surface area contributed by atoms with Crippen LogP contribution in [0.2, 0.25) is 0 Å². The maximum Gasteiger partial charge on any atom is 0.106 e. The lowest BCUT2D eigenvalue weighted by Crippen LogP contribution is -2.28. The van der Waals surface area contributed by atoms with Crippen LogP contribution in [0.1, 0.15) is 34.1 Å². The van der Waals surface area contributed by atoms with Gasteiger partial charge in [-0.2, -0.15) is 0 Å². The van der Waals surface area contributed by atoms with Crippen molar-refractivity contribution in [2.45, 2.75) is 51.8 Å². The third kappa shape index (κ3) is 6.07. The summed E-state index contributed by atoms with van der Waals surface area (Å²) in [5.74, 6) is 0. The minimum absolute atomic E-state index is 0.0614. The third-order valence-electron chi connectivity index (χ3n) is 1.71. The Labute approximate surface area is 84.4 Å². The van der Waals surface area contributed by atoms with Crippen molar-refractivity contribution in [2.24, 2.45) is 0 Å². The number of rotatable bonds is 5. The first kappa shape index (κ1) is 12.9. The van der Waals surface area contributed by atoms with Crippen LogP contribution in [-0.2, 0) is 4.74 Å². The minimum atomic E-state index is -0.408. The largest absolute Gasteiger partial charge is 0.390 e. The molecule has 0 heterocycles. The number of aliphatic hydroxyl groups excluding tert-OH is 1. The molecule has 0 aliphatic carbocycles. The van der Waals surface area contributed by atoms with Gasteiger partial charge in [0.15, 0.2) is 0 Å². The highest BCUT2D eigenvalue weighted by Gasteiger charge is 2.16. The molecule has 0 saturated carbocycles. The van der Waals surface area contributed by atoms with Gasteiger partial charge in [-0.3, -0.25) is 5.41 Å². The zero-order valence-corrected chi connectivity index (χ0v) is 9.52. The first-order valence-corrected chi connectivity index (χ1v) is 5.40. The molecule has 78 valence electrons. The van der Waals surface area contributed by atoms with E-state index in [2.05, 4.69) is 0 Å². The lowest BCUT2D eigenvalue weighted by atomic mass is 10.2. The van der Waals surface area contributed by atoms with Crippen molar-refractivity contribution in [3.8, 4) is 0 Å². The second kappa shape index (κ2) is 6.40. The molecule has 0 aliphatic heterocycles. The summed E-state index contributed by atoms with van der Waals surface area (Å²) < 4.78 is 5.49. The standard InChI is InChI=1S/C9H19NO2S/c1-5-9(11)6(2)12-8(4)13-7(3)10/h6,8-11H,5H2,1-4H3. The number of hydrogen-bond donors (Lipinski definition) is 2. The average molecular weight is 205 g/mol. The van der Waals surface area contributed by atoms with Crippen LogP contribution in [0.3, 0.4) is 0 Å². The molecule has 13 heavy (non-hydrogen) atoms. The van der Waals surface area contributed by atoms with E-state index in [1.54, 1.807) is 6.92 Å². The molecule has 0 rings (SSSR count). The molecule has 0 radical (unpaired) electrons. The van der Waals surface area contributed by atoms with Crippen LogP contribution in [0.5, 0.6) is 0 Å². The Kier molecular flexibility index (Phi) is 6.37. The molecule has 0 aromatic carbocycles. The molecule has 4 heteroatoms. The van der Waals surface area contributed by atoms with E-state index < -0.39 is 6.10 Å². The Bertz CT molecular complexity index is 164. The highest BCUT2D eigenvalue weighted by Crippen LogP contribution is 2.16. The number of aliphatic hydroxyl groups is 1. The fraction of sp³-hybridized carbons (Fsp3) is 0.889. The summed E-state index contributed by atoms with van der Waals surface area (Å²) in [5, 5.41) is 17.2. The molecule has 3 nitrogen and oxygen atoms in total. The molecule has 0 aliphatic rings. The smallest absolute Gasteiger partial charge is 0.106 e. The van der Waals surface area contributed by atoms with Crippen molar-refractivity contribution in [1.29, 1.82) is 5.41 Å². The predicted molar refractivity (Wildman–Crippen MR) is 57.3 cm³/mol. The second-order valence-corrected chi connectivity index (χ2v) is 4.57. The molecular weight excluding hydrogens is 186 g/mol. The van der Waals surface area contributed by atoms with E-state index in [-0.39, 0.29) is 11.5 Å². The molecule has 0 bridgehead atoms. The Morgan fingerprint density at radius 1 is 1.54 bits per heavy atom. The second-order valence-electron chi connectivity index (χ2n) is 3.06. The number of hydrogen-bond acceptors (Lipinski definition) is 4. The maximum atomic E-state index is 9.42. The number of ether oxygens (including phenoxy) is 1. The molecule has 3 atom stereocenters. The van der Waals surface area contributed by atoms with E-state index in [0.29, 0.717) is 11.5 Å². The van der Waals surface area contributed by atoms with Gasteiger partial charge < -0.3 is 9.84 Å². The fourth-order valence-electron chi connectivity index (χ4n) is 1.00. The van der Waals surface area contributed by atoms with Gasteiger partial charge in [-0.15, -0.1) is 0 Å². The molecule has 2 N–H and O–H groups in total. The Hall–Kier alpha value is -0.0600. The zero-order valence-electron chi connectivity index (χ0n) is 8.70. The summed E-state index contributed by atoms with van der Waals surface area (Å²) in [6.45, 7) is 7.39. The van der Waals surface area contributed by atoms with Gasteiger partial charge in [0.1, 0.15) is 5.44 Å². The SMILES string of the molecule is CCC(O)C(C)OC(C)SC(C)=N. The Morgan fingerprint density at radius 3 is 2.46 bits per heavy atom. The molecule has 0 aromatic rings. The van der Waals surface area contributed by atoms with Gasteiger partial charge >= 0.3 is 0 Å². The van der Waals surface area contributed by atoms with Crippen LogP contribution in [0.4, 0.5) is 0 Å². The molecule has 0 spiro atoms. The average Bonchev–Trinajstić information content (AvgIpc) is 2.01. The van der Waals surface area contributed by atoms with Crippen LogP contribution in [0.15, 0.2) is 0 Å². The van der Waals surface area contributed by atoms with E-state index in [0.717, 1.165) is 0 Å². The minimum Gasteiger partial charge on any atom is -0.390 e. The summed E-state index contributed by atoms with van der Waals surface area (Å²) in [7, 11) is 0. The van der Waals surface area contributed by atoms with Crippen molar-refractivity contribution in [2.75, 3.05) is 0 Å². The molecule has 0 fully saturated rings. The molecule has 0 saturated heterocycles. The van der Waals surface area contributed by atoms with Crippen molar-refractivity contribution in [3.63, 3.8) is 0 Å². The van der Waals surface area contributed by atoms with Gasteiger partial charge in [-0.25, -0.2) is 0 Å². The lowest BCUT2D eigenvalue weighted by Gasteiger charge is -2.21. The highest BCUT2D eigenvalue weighted by atomic mass is 32.2. The summed E-state index contributed by atoms with van der Waals surface area (Å²) in [4.78, 5) is 0. The normalized spacial score (nSPS) is 17.9. The van der Waals surface area contributed by atoms with Gasteiger partial charge in [-0.05, 0) is 27.2 Å². The van der Waals surface area contributed by atoms with E-state index in [1.807, 2.05) is 20.8 Å². The molecule has 0 amide bonds. The monoisotopic (exact) mass is 205 g/mol. The summed E-state index contributed by atoms with van der Waals surface area (Å²) in [5.41, 5.74) is -0.0614. The van der Waals surface area contributed by atoms with Crippen LogP contribution in [-0.4, -0.2) is 27.8 Å². The van der Waals surface area contributed by atoms with Crippen LogP contribution >= 0.6 is 11.8 Å².